The first-order valence-electron chi connectivity index (χ1n) is 4.25. The van der Waals surface area contributed by atoms with Gasteiger partial charge in [0.15, 0.2) is 0 Å². The van der Waals surface area contributed by atoms with Crippen LogP contribution in [-0.4, -0.2) is 38.2 Å². The molecule has 0 rings (SSSR count). The molecule has 80 valence electrons. The van der Waals surface area contributed by atoms with Crippen molar-refractivity contribution >= 4 is 11.9 Å². The summed E-state index contributed by atoms with van der Waals surface area (Å²) in [5.74, 6) is -0.898. The van der Waals surface area contributed by atoms with Gasteiger partial charge in [-0.3, -0.25) is 4.79 Å². The highest BCUT2D eigenvalue weighted by molar-refractivity contribution is 5.81. The zero-order chi connectivity index (χ0) is 11.0. The molecule has 0 radical (unpaired) electrons. The van der Waals surface area contributed by atoms with Crippen LogP contribution in [0.4, 0.5) is 0 Å². The largest absolute Gasteiger partial charge is 0.461 e. The molecular weight excluding hydrogens is 186 g/mol. The number of nitrogens with one attached hydrogen (secondary N) is 1. The number of carbonyl (C=O) groups is 2. The smallest absolute Gasteiger partial charge is 0.330 e. The molecule has 5 nitrogen and oxygen atoms in total. The second kappa shape index (κ2) is 7.08. The lowest BCUT2D eigenvalue weighted by Gasteiger charge is -2.09. The van der Waals surface area contributed by atoms with Gasteiger partial charge in [-0.1, -0.05) is 6.58 Å². The van der Waals surface area contributed by atoms with Crippen molar-refractivity contribution in [3.63, 3.8) is 0 Å². The normalized spacial score (nSPS) is 11.6. The fourth-order valence-corrected chi connectivity index (χ4v) is 0.586. The molecule has 0 bridgehead atoms. The molecule has 0 aliphatic heterocycles. The van der Waals surface area contributed by atoms with E-state index in [4.69, 9.17) is 4.74 Å². The molecule has 0 fully saturated rings. The lowest BCUT2D eigenvalue weighted by molar-refractivity contribution is -0.151. The summed E-state index contributed by atoms with van der Waals surface area (Å²) in [7, 11) is 1.66. The molecule has 0 amide bonds. The van der Waals surface area contributed by atoms with Crippen molar-refractivity contribution in [3.8, 4) is 0 Å². The number of carbonyl (C=O) groups excluding carboxylic acids is 2. The molecule has 5 heteroatoms. The number of ether oxygens (including phenoxy) is 2. The summed E-state index contributed by atoms with van der Waals surface area (Å²) in [6.45, 7) is 5.01. The zero-order valence-corrected chi connectivity index (χ0v) is 8.41. The average Bonchev–Trinajstić information content (AvgIpc) is 2.22. The Balaban J connectivity index is 3.50. The number of rotatable bonds is 6. The van der Waals surface area contributed by atoms with Gasteiger partial charge in [-0.05, 0) is 14.0 Å². The Morgan fingerprint density at radius 3 is 2.50 bits per heavy atom. The maximum absolute atomic E-state index is 11.0. The fraction of sp³-hybridized carbons (Fsp3) is 0.556. The lowest BCUT2D eigenvalue weighted by Crippen LogP contribution is -2.33. The third kappa shape index (κ3) is 5.31. The molecule has 0 spiro atoms. The van der Waals surface area contributed by atoms with Gasteiger partial charge in [-0.25, -0.2) is 4.79 Å². The van der Waals surface area contributed by atoms with E-state index in [1.54, 1.807) is 14.0 Å². The Labute approximate surface area is 83.1 Å². The predicted molar refractivity (Wildman–Crippen MR) is 50.6 cm³/mol. The van der Waals surface area contributed by atoms with Gasteiger partial charge >= 0.3 is 11.9 Å². The van der Waals surface area contributed by atoms with E-state index < -0.39 is 5.97 Å². The van der Waals surface area contributed by atoms with Crippen LogP contribution in [0.25, 0.3) is 0 Å². The van der Waals surface area contributed by atoms with Gasteiger partial charge in [0.1, 0.15) is 19.3 Å². The van der Waals surface area contributed by atoms with E-state index >= 15 is 0 Å². The van der Waals surface area contributed by atoms with E-state index in [0.29, 0.717) is 0 Å². The quantitative estimate of drug-likeness (QED) is 0.368. The topological polar surface area (TPSA) is 64.6 Å². The Bertz CT molecular complexity index is 215. The summed E-state index contributed by atoms with van der Waals surface area (Å²) in [5.41, 5.74) is 0. The van der Waals surface area contributed by atoms with Crippen LogP contribution >= 0.6 is 0 Å². The monoisotopic (exact) mass is 201 g/mol. The Kier molecular flexibility index (Phi) is 6.39. The van der Waals surface area contributed by atoms with Gasteiger partial charge in [0, 0.05) is 6.08 Å². The van der Waals surface area contributed by atoms with Gasteiger partial charge in [0.2, 0.25) is 0 Å². The van der Waals surface area contributed by atoms with Gasteiger partial charge in [-0.15, -0.1) is 0 Å². The van der Waals surface area contributed by atoms with E-state index in [1.165, 1.54) is 0 Å². The predicted octanol–water partition coefficient (Wildman–Crippen LogP) is -0.133. The van der Waals surface area contributed by atoms with Gasteiger partial charge in [-0.2, -0.15) is 0 Å². The van der Waals surface area contributed by atoms with Crippen molar-refractivity contribution in [3.05, 3.63) is 12.7 Å². The van der Waals surface area contributed by atoms with E-state index in [-0.39, 0.29) is 25.2 Å². The molecule has 0 saturated carbocycles. The van der Waals surface area contributed by atoms with Gasteiger partial charge < -0.3 is 14.8 Å². The van der Waals surface area contributed by atoms with Crippen molar-refractivity contribution < 1.29 is 19.1 Å². The Hall–Kier alpha value is -1.36. The number of hydrogen-bond donors (Lipinski definition) is 1. The third-order valence-electron chi connectivity index (χ3n) is 1.53. The first-order chi connectivity index (χ1) is 6.61. The molecule has 0 aromatic heterocycles. The van der Waals surface area contributed by atoms with E-state index in [2.05, 4.69) is 16.6 Å². The second-order valence-electron chi connectivity index (χ2n) is 2.55. The molecule has 0 aliphatic rings. The van der Waals surface area contributed by atoms with Crippen LogP contribution in [-0.2, 0) is 19.1 Å². The van der Waals surface area contributed by atoms with Gasteiger partial charge in [0.05, 0.1) is 0 Å². The molecule has 0 aliphatic carbocycles. The maximum Gasteiger partial charge on any atom is 0.330 e. The van der Waals surface area contributed by atoms with Crippen molar-refractivity contribution in [2.45, 2.75) is 13.0 Å². The van der Waals surface area contributed by atoms with Crippen LogP contribution in [0.5, 0.6) is 0 Å². The standard InChI is InChI=1S/C9H15NO4/c1-4-8(11)13-5-6-14-9(12)7(2)10-3/h4,7,10H,1,5-6H2,2-3H3. The highest BCUT2D eigenvalue weighted by Crippen LogP contribution is 1.87. The Morgan fingerprint density at radius 1 is 1.43 bits per heavy atom. The van der Waals surface area contributed by atoms with Crippen molar-refractivity contribution in [1.29, 1.82) is 0 Å². The zero-order valence-electron chi connectivity index (χ0n) is 8.41. The summed E-state index contributed by atoms with van der Waals surface area (Å²) in [6.07, 6.45) is 1.05. The molecule has 1 N–H and O–H groups in total. The van der Waals surface area contributed by atoms with Crippen molar-refractivity contribution in [2.75, 3.05) is 20.3 Å². The minimum atomic E-state index is -0.525. The minimum Gasteiger partial charge on any atom is -0.461 e. The number of hydrogen-bond acceptors (Lipinski definition) is 5. The molecule has 1 unspecified atom stereocenters. The second-order valence-corrected chi connectivity index (χ2v) is 2.55. The summed E-state index contributed by atoms with van der Waals surface area (Å²) in [4.78, 5) is 21.6. The fourth-order valence-electron chi connectivity index (χ4n) is 0.586. The van der Waals surface area contributed by atoms with Crippen LogP contribution in [0.3, 0.4) is 0 Å². The van der Waals surface area contributed by atoms with E-state index in [1.807, 2.05) is 0 Å². The van der Waals surface area contributed by atoms with Crippen molar-refractivity contribution in [2.24, 2.45) is 0 Å². The third-order valence-corrected chi connectivity index (χ3v) is 1.53. The van der Waals surface area contributed by atoms with Crippen LogP contribution in [0.15, 0.2) is 12.7 Å². The molecule has 0 heterocycles. The summed E-state index contributed by atoms with van der Waals surface area (Å²) in [6, 6.07) is -0.356. The highest BCUT2D eigenvalue weighted by Gasteiger charge is 2.10. The average molecular weight is 201 g/mol. The first kappa shape index (κ1) is 12.6. The SMILES string of the molecule is C=CC(=O)OCCOC(=O)C(C)NC. The lowest BCUT2D eigenvalue weighted by atomic mass is 10.3. The number of likely N-dealkylation sites (N-methyl/N-ethyl adjacent to an activating group) is 1. The van der Waals surface area contributed by atoms with Crippen LogP contribution < -0.4 is 5.32 Å². The maximum atomic E-state index is 11.0. The van der Waals surface area contributed by atoms with Crippen molar-refractivity contribution in [1.82, 2.24) is 5.32 Å². The van der Waals surface area contributed by atoms with Crippen LogP contribution in [0, 0.1) is 0 Å². The van der Waals surface area contributed by atoms with Crippen LogP contribution in [0.2, 0.25) is 0 Å². The molecule has 0 saturated heterocycles. The van der Waals surface area contributed by atoms with Gasteiger partial charge in [0.25, 0.3) is 0 Å². The molecule has 14 heavy (non-hydrogen) atoms. The summed E-state index contributed by atoms with van der Waals surface area (Å²) in [5, 5.41) is 2.73. The summed E-state index contributed by atoms with van der Waals surface area (Å²) >= 11 is 0. The molecular formula is C9H15NO4. The number of esters is 2. The Morgan fingerprint density at radius 2 is 2.00 bits per heavy atom. The van der Waals surface area contributed by atoms with E-state index in [9.17, 15) is 9.59 Å². The summed E-state index contributed by atoms with van der Waals surface area (Å²) < 4.78 is 9.38. The first-order valence-corrected chi connectivity index (χ1v) is 4.25. The van der Waals surface area contributed by atoms with E-state index in [0.717, 1.165) is 6.08 Å². The molecule has 1 atom stereocenters. The molecule has 0 aromatic rings. The van der Waals surface area contributed by atoms with Crippen LogP contribution in [0.1, 0.15) is 6.92 Å². The highest BCUT2D eigenvalue weighted by atomic mass is 16.6. The minimum absolute atomic E-state index is 0.0486. The molecule has 0 aromatic carbocycles.